The van der Waals surface area contributed by atoms with Gasteiger partial charge in [-0.05, 0) is 37.5 Å². The first-order valence-electron chi connectivity index (χ1n) is 8.69. The minimum atomic E-state index is -0.0583. The summed E-state index contributed by atoms with van der Waals surface area (Å²) in [5, 5.41) is 0. The van der Waals surface area contributed by atoms with Gasteiger partial charge >= 0.3 is 0 Å². The molecule has 0 atom stereocenters. The van der Waals surface area contributed by atoms with E-state index in [4.69, 9.17) is 9.47 Å². The Balaban J connectivity index is 1.59. The molecule has 1 fully saturated rings. The van der Waals surface area contributed by atoms with Crippen LogP contribution < -0.4 is 9.47 Å². The maximum atomic E-state index is 13.0. The number of benzene rings is 1. The lowest BCUT2D eigenvalue weighted by molar-refractivity contribution is 0.0657. The molecule has 1 aromatic heterocycles. The van der Waals surface area contributed by atoms with Gasteiger partial charge in [0.15, 0.2) is 11.5 Å². The number of ether oxygens (including phenoxy) is 2. The van der Waals surface area contributed by atoms with Gasteiger partial charge in [-0.15, -0.1) is 0 Å². The van der Waals surface area contributed by atoms with Gasteiger partial charge in [-0.2, -0.15) is 0 Å². The highest BCUT2D eigenvalue weighted by molar-refractivity contribution is 5.92. The van der Waals surface area contributed by atoms with E-state index >= 15 is 0 Å². The summed E-state index contributed by atoms with van der Waals surface area (Å²) >= 11 is 0. The zero-order valence-electron chi connectivity index (χ0n) is 14.3. The number of carbonyl (C=O) groups excluding carboxylic acids is 1. The lowest BCUT2D eigenvalue weighted by Gasteiger charge is -2.29. The van der Waals surface area contributed by atoms with Crippen molar-refractivity contribution >= 4 is 5.91 Å². The van der Waals surface area contributed by atoms with Crippen LogP contribution in [-0.4, -0.2) is 33.6 Å². The summed E-state index contributed by atoms with van der Waals surface area (Å²) in [6.07, 6.45) is 7.61. The van der Waals surface area contributed by atoms with Gasteiger partial charge in [0.25, 0.3) is 5.91 Å². The Kier molecular flexibility index (Phi) is 4.26. The number of fused-ring (bicyclic) bond motifs is 1. The van der Waals surface area contributed by atoms with E-state index in [1.807, 2.05) is 30.0 Å². The van der Waals surface area contributed by atoms with Gasteiger partial charge in [-0.25, -0.2) is 4.98 Å². The Morgan fingerprint density at radius 3 is 2.72 bits per heavy atom. The molecule has 0 radical (unpaired) electrons. The van der Waals surface area contributed by atoms with Crippen LogP contribution in [0.4, 0.5) is 0 Å². The standard InChI is InChI=1S/C19H21N3O3/c1-13-9-21-16(10-20-13)19(23)22(15-4-2-3-5-15)11-14-6-7-17-18(8-14)25-12-24-17/h6-10,15H,2-5,11-12H2,1H3. The van der Waals surface area contributed by atoms with E-state index in [0.29, 0.717) is 12.2 Å². The molecule has 1 aliphatic heterocycles. The first-order chi connectivity index (χ1) is 12.2. The fraction of sp³-hybridized carbons (Fsp3) is 0.421. The van der Waals surface area contributed by atoms with Gasteiger partial charge in [0, 0.05) is 18.8 Å². The van der Waals surface area contributed by atoms with Crippen LogP contribution in [0.5, 0.6) is 11.5 Å². The number of nitrogens with zero attached hydrogens (tertiary/aromatic N) is 3. The van der Waals surface area contributed by atoms with Gasteiger partial charge in [-0.3, -0.25) is 9.78 Å². The summed E-state index contributed by atoms with van der Waals surface area (Å²) in [5.41, 5.74) is 2.24. The maximum Gasteiger partial charge on any atom is 0.274 e. The average Bonchev–Trinajstić information content (AvgIpc) is 3.31. The number of hydrogen-bond donors (Lipinski definition) is 0. The van der Waals surface area contributed by atoms with E-state index in [2.05, 4.69) is 9.97 Å². The largest absolute Gasteiger partial charge is 0.454 e. The third kappa shape index (κ3) is 3.29. The summed E-state index contributed by atoms with van der Waals surface area (Å²) < 4.78 is 10.8. The van der Waals surface area contributed by atoms with Crippen molar-refractivity contribution in [3.05, 3.63) is 47.5 Å². The minimum absolute atomic E-state index is 0.0583. The van der Waals surface area contributed by atoms with Gasteiger partial charge in [-0.1, -0.05) is 18.9 Å². The van der Waals surface area contributed by atoms with Gasteiger partial charge < -0.3 is 14.4 Å². The second kappa shape index (κ2) is 6.70. The van der Waals surface area contributed by atoms with E-state index in [0.717, 1.165) is 48.4 Å². The molecular formula is C19H21N3O3. The fourth-order valence-corrected chi connectivity index (χ4v) is 3.47. The molecule has 1 saturated carbocycles. The van der Waals surface area contributed by atoms with Crippen molar-refractivity contribution in [3.8, 4) is 11.5 Å². The zero-order valence-corrected chi connectivity index (χ0v) is 14.3. The Bertz CT molecular complexity index is 770. The molecule has 1 aliphatic carbocycles. The van der Waals surface area contributed by atoms with Crippen molar-refractivity contribution in [3.63, 3.8) is 0 Å². The molecular weight excluding hydrogens is 318 g/mol. The predicted octanol–water partition coefficient (Wildman–Crippen LogP) is 3.10. The molecule has 4 rings (SSSR count). The molecule has 0 saturated heterocycles. The fourth-order valence-electron chi connectivity index (χ4n) is 3.47. The van der Waals surface area contributed by atoms with Crippen molar-refractivity contribution < 1.29 is 14.3 Å². The highest BCUT2D eigenvalue weighted by atomic mass is 16.7. The SMILES string of the molecule is Cc1cnc(C(=O)N(Cc2ccc3c(c2)OCO3)C2CCCC2)cn1. The molecule has 0 N–H and O–H groups in total. The van der Waals surface area contributed by atoms with Crippen LogP contribution in [0.25, 0.3) is 0 Å². The van der Waals surface area contributed by atoms with Gasteiger partial charge in [0.1, 0.15) is 5.69 Å². The molecule has 6 nitrogen and oxygen atoms in total. The third-order valence-corrected chi connectivity index (χ3v) is 4.82. The van der Waals surface area contributed by atoms with Gasteiger partial charge in [0.05, 0.1) is 11.9 Å². The number of hydrogen-bond acceptors (Lipinski definition) is 5. The number of carbonyl (C=O) groups is 1. The highest BCUT2D eigenvalue weighted by Crippen LogP contribution is 2.34. The van der Waals surface area contributed by atoms with E-state index in [1.54, 1.807) is 12.4 Å². The van der Waals surface area contributed by atoms with Crippen molar-refractivity contribution in [1.29, 1.82) is 0 Å². The van der Waals surface area contributed by atoms with Gasteiger partial charge in [0.2, 0.25) is 6.79 Å². The van der Waals surface area contributed by atoms with Crippen LogP contribution in [0.15, 0.2) is 30.6 Å². The predicted molar refractivity (Wildman–Crippen MR) is 91.5 cm³/mol. The van der Waals surface area contributed by atoms with E-state index in [-0.39, 0.29) is 18.7 Å². The van der Waals surface area contributed by atoms with Crippen molar-refractivity contribution in [2.24, 2.45) is 0 Å². The van der Waals surface area contributed by atoms with E-state index < -0.39 is 0 Å². The summed E-state index contributed by atoms with van der Waals surface area (Å²) in [4.78, 5) is 23.5. The molecule has 6 heteroatoms. The summed E-state index contributed by atoms with van der Waals surface area (Å²) in [5.74, 6) is 1.44. The third-order valence-electron chi connectivity index (χ3n) is 4.82. The smallest absolute Gasteiger partial charge is 0.274 e. The Morgan fingerprint density at radius 1 is 1.16 bits per heavy atom. The summed E-state index contributed by atoms with van der Waals surface area (Å²) in [6.45, 7) is 2.65. The van der Waals surface area contributed by atoms with Crippen LogP contribution in [-0.2, 0) is 6.54 Å². The van der Waals surface area contributed by atoms with Crippen molar-refractivity contribution in [2.45, 2.75) is 45.2 Å². The molecule has 2 aliphatic rings. The number of amides is 1. The van der Waals surface area contributed by atoms with Crippen LogP contribution in [0.2, 0.25) is 0 Å². The number of aromatic nitrogens is 2. The lowest BCUT2D eigenvalue weighted by Crippen LogP contribution is -2.38. The molecule has 2 aromatic rings. The molecule has 25 heavy (non-hydrogen) atoms. The molecule has 0 spiro atoms. The average molecular weight is 339 g/mol. The quantitative estimate of drug-likeness (QED) is 0.856. The molecule has 130 valence electrons. The topological polar surface area (TPSA) is 64.6 Å². The maximum absolute atomic E-state index is 13.0. The molecule has 2 heterocycles. The number of rotatable bonds is 4. The monoisotopic (exact) mass is 339 g/mol. The highest BCUT2D eigenvalue weighted by Gasteiger charge is 2.29. The van der Waals surface area contributed by atoms with Crippen LogP contribution >= 0.6 is 0 Å². The Morgan fingerprint density at radius 2 is 1.96 bits per heavy atom. The van der Waals surface area contributed by atoms with Crippen LogP contribution in [0.1, 0.15) is 47.4 Å². The second-order valence-electron chi connectivity index (χ2n) is 6.60. The molecule has 1 amide bonds. The minimum Gasteiger partial charge on any atom is -0.454 e. The van der Waals surface area contributed by atoms with Crippen molar-refractivity contribution in [1.82, 2.24) is 14.9 Å². The summed E-state index contributed by atoms with van der Waals surface area (Å²) in [7, 11) is 0. The summed E-state index contributed by atoms with van der Waals surface area (Å²) in [6, 6.07) is 6.10. The van der Waals surface area contributed by atoms with Crippen LogP contribution in [0, 0.1) is 6.92 Å². The Labute approximate surface area is 146 Å². The lowest BCUT2D eigenvalue weighted by atomic mass is 10.1. The molecule has 0 bridgehead atoms. The first kappa shape index (κ1) is 15.9. The van der Waals surface area contributed by atoms with Crippen LogP contribution in [0.3, 0.4) is 0 Å². The first-order valence-corrected chi connectivity index (χ1v) is 8.69. The van der Waals surface area contributed by atoms with E-state index in [9.17, 15) is 4.79 Å². The number of aryl methyl sites for hydroxylation is 1. The zero-order chi connectivity index (χ0) is 17.2. The Hall–Kier alpha value is -2.63. The molecule has 1 aromatic carbocycles. The molecule has 0 unspecified atom stereocenters. The van der Waals surface area contributed by atoms with Crippen molar-refractivity contribution in [2.75, 3.05) is 6.79 Å². The van der Waals surface area contributed by atoms with E-state index in [1.165, 1.54) is 0 Å². The second-order valence-corrected chi connectivity index (χ2v) is 6.60. The normalized spacial score (nSPS) is 16.2.